The van der Waals surface area contributed by atoms with Crippen molar-refractivity contribution in [2.24, 2.45) is 0 Å². The van der Waals surface area contributed by atoms with Crippen molar-refractivity contribution in [1.82, 2.24) is 20.4 Å². The molecule has 5 aromatic rings. The van der Waals surface area contributed by atoms with Crippen molar-refractivity contribution in [3.05, 3.63) is 102 Å². The highest BCUT2D eigenvalue weighted by atomic mass is 19.1. The van der Waals surface area contributed by atoms with Crippen LogP contribution in [0.5, 0.6) is 5.75 Å². The minimum Gasteiger partial charge on any atom is -0.490 e. The Bertz CT molecular complexity index is 1530. The average Bonchev–Trinajstić information content (AvgIpc) is 3.36. The summed E-state index contributed by atoms with van der Waals surface area (Å²) < 4.78 is 20.6. The molecule has 3 aromatic carbocycles. The molecule has 0 bridgehead atoms. The third-order valence-electron chi connectivity index (χ3n) is 6.47. The van der Waals surface area contributed by atoms with E-state index in [9.17, 15) is 9.18 Å². The van der Waals surface area contributed by atoms with E-state index in [1.807, 2.05) is 18.2 Å². The first-order valence-electron chi connectivity index (χ1n) is 11.7. The summed E-state index contributed by atoms with van der Waals surface area (Å²) in [5.74, 6) is 0.118. The first kappa shape index (κ1) is 21.9. The van der Waals surface area contributed by atoms with Gasteiger partial charge in [-0.3, -0.25) is 4.79 Å². The van der Waals surface area contributed by atoms with E-state index in [1.165, 1.54) is 17.7 Å². The monoisotopic (exact) mass is 479 g/mol. The van der Waals surface area contributed by atoms with E-state index in [-0.39, 0.29) is 11.7 Å². The Morgan fingerprint density at radius 3 is 2.56 bits per heavy atom. The summed E-state index contributed by atoms with van der Waals surface area (Å²) >= 11 is 0. The number of aromatic nitrogens is 4. The quantitative estimate of drug-likeness (QED) is 0.324. The van der Waals surface area contributed by atoms with Crippen molar-refractivity contribution < 1.29 is 13.9 Å². The lowest BCUT2D eigenvalue weighted by atomic mass is 9.77. The molecule has 8 heteroatoms. The molecule has 6 rings (SSSR count). The Labute approximate surface area is 206 Å². The number of aromatic amines is 1. The topological polar surface area (TPSA) is 92.8 Å². The lowest BCUT2D eigenvalue weighted by Gasteiger charge is -2.35. The van der Waals surface area contributed by atoms with Gasteiger partial charge in [0.15, 0.2) is 0 Å². The molecule has 2 N–H and O–H groups in total. The summed E-state index contributed by atoms with van der Waals surface area (Å²) in [6.45, 7) is 0. The maximum absolute atomic E-state index is 14.5. The Morgan fingerprint density at radius 2 is 1.75 bits per heavy atom. The van der Waals surface area contributed by atoms with Gasteiger partial charge in [-0.1, -0.05) is 30.3 Å². The van der Waals surface area contributed by atoms with Gasteiger partial charge in [0.2, 0.25) is 5.65 Å². The summed E-state index contributed by atoms with van der Waals surface area (Å²) in [7, 11) is 0. The summed E-state index contributed by atoms with van der Waals surface area (Å²) in [6.07, 6.45) is 2.14. The first-order chi connectivity index (χ1) is 17.6. The Morgan fingerprint density at radius 1 is 0.944 bits per heavy atom. The Hall–Kier alpha value is -4.59. The van der Waals surface area contributed by atoms with E-state index in [2.05, 4.69) is 50.0 Å². The number of nitrogens with zero attached hydrogens (tertiary/aromatic N) is 3. The molecule has 1 amide bonds. The number of benzene rings is 3. The average molecular weight is 480 g/mol. The van der Waals surface area contributed by atoms with Gasteiger partial charge >= 0.3 is 0 Å². The molecule has 0 unspecified atom stereocenters. The Kier molecular flexibility index (Phi) is 5.61. The molecule has 2 aromatic heterocycles. The van der Waals surface area contributed by atoms with Crippen molar-refractivity contribution in [2.75, 3.05) is 5.32 Å². The van der Waals surface area contributed by atoms with Crippen LogP contribution in [-0.4, -0.2) is 32.4 Å². The number of H-pyrrole nitrogens is 1. The zero-order valence-electron chi connectivity index (χ0n) is 19.2. The van der Waals surface area contributed by atoms with Crippen LogP contribution in [-0.2, 0) is 0 Å². The minimum atomic E-state index is -0.614. The van der Waals surface area contributed by atoms with Gasteiger partial charge in [-0.25, -0.2) is 9.37 Å². The third-order valence-corrected chi connectivity index (χ3v) is 6.47. The standard InChI is InChI=1S/C28H22FN5O2/c29-24-11-6-18(25-12-13-26-27(31-25)33-34-32-26)16-23(24)28(35)30-20-7-9-21(10-8-20)36-22-14-19(15-22)17-4-2-1-3-5-17/h1-13,16,19,22H,14-15H2,(H,30,35)(H,31,32,33,34). The highest BCUT2D eigenvalue weighted by Crippen LogP contribution is 2.39. The number of halogens is 1. The molecular formula is C28H22FN5O2. The van der Waals surface area contributed by atoms with Crippen LogP contribution in [0.1, 0.15) is 34.7 Å². The number of rotatable bonds is 6. The number of pyridine rings is 1. The molecule has 1 saturated carbocycles. The van der Waals surface area contributed by atoms with Crippen molar-refractivity contribution in [3.63, 3.8) is 0 Å². The largest absolute Gasteiger partial charge is 0.490 e. The molecule has 0 aliphatic heterocycles. The molecular weight excluding hydrogens is 457 g/mol. The number of nitrogens with one attached hydrogen (secondary N) is 2. The lowest BCUT2D eigenvalue weighted by Crippen LogP contribution is -2.32. The Balaban J connectivity index is 1.10. The number of hydrogen-bond acceptors (Lipinski definition) is 5. The maximum atomic E-state index is 14.5. The summed E-state index contributed by atoms with van der Waals surface area (Å²) in [6, 6.07) is 25.4. The molecule has 36 heavy (non-hydrogen) atoms. The highest BCUT2D eigenvalue weighted by Gasteiger charge is 2.31. The molecule has 1 aliphatic rings. The zero-order chi connectivity index (χ0) is 24.5. The predicted octanol–water partition coefficient (Wildman–Crippen LogP) is 5.74. The smallest absolute Gasteiger partial charge is 0.258 e. The molecule has 2 heterocycles. The maximum Gasteiger partial charge on any atom is 0.258 e. The van der Waals surface area contributed by atoms with E-state index in [1.54, 1.807) is 30.3 Å². The number of carbonyl (C=O) groups is 1. The summed E-state index contributed by atoms with van der Waals surface area (Å²) in [4.78, 5) is 17.3. The second kappa shape index (κ2) is 9.22. The van der Waals surface area contributed by atoms with E-state index in [4.69, 9.17) is 4.74 Å². The normalized spacial score (nSPS) is 16.9. The van der Waals surface area contributed by atoms with Crippen LogP contribution in [0.4, 0.5) is 10.1 Å². The van der Waals surface area contributed by atoms with E-state index < -0.39 is 11.7 Å². The van der Waals surface area contributed by atoms with E-state index >= 15 is 0 Å². The van der Waals surface area contributed by atoms with Gasteiger partial charge < -0.3 is 10.1 Å². The second-order valence-electron chi connectivity index (χ2n) is 8.85. The fourth-order valence-corrected chi connectivity index (χ4v) is 4.42. The van der Waals surface area contributed by atoms with Gasteiger partial charge in [0.25, 0.3) is 5.91 Å². The third kappa shape index (κ3) is 4.40. The fourth-order valence-electron chi connectivity index (χ4n) is 4.42. The van der Waals surface area contributed by atoms with Crippen molar-refractivity contribution in [2.45, 2.75) is 24.9 Å². The van der Waals surface area contributed by atoms with Gasteiger partial charge in [-0.05, 0) is 78.9 Å². The molecule has 178 valence electrons. The molecule has 0 atom stereocenters. The number of amides is 1. The van der Waals surface area contributed by atoms with Crippen molar-refractivity contribution >= 4 is 22.8 Å². The number of hydrogen-bond donors (Lipinski definition) is 2. The molecule has 1 fully saturated rings. The van der Waals surface area contributed by atoms with Gasteiger partial charge in [0.1, 0.15) is 17.1 Å². The van der Waals surface area contributed by atoms with Crippen LogP contribution >= 0.6 is 0 Å². The van der Waals surface area contributed by atoms with Crippen molar-refractivity contribution in [3.8, 4) is 17.0 Å². The first-order valence-corrected chi connectivity index (χ1v) is 11.7. The number of carbonyl (C=O) groups excluding carboxylic acids is 1. The number of anilines is 1. The van der Waals surface area contributed by atoms with Gasteiger partial charge in [-0.15, -0.1) is 5.10 Å². The predicted molar refractivity (Wildman–Crippen MR) is 134 cm³/mol. The van der Waals surface area contributed by atoms with Crippen LogP contribution in [0.25, 0.3) is 22.4 Å². The minimum absolute atomic E-state index is 0.0729. The molecule has 1 aliphatic carbocycles. The van der Waals surface area contributed by atoms with Gasteiger partial charge in [0, 0.05) is 11.3 Å². The summed E-state index contributed by atoms with van der Waals surface area (Å²) in [5, 5.41) is 13.2. The van der Waals surface area contributed by atoms with Gasteiger partial charge in [-0.2, -0.15) is 10.3 Å². The lowest BCUT2D eigenvalue weighted by molar-refractivity contribution is 0.0984. The van der Waals surface area contributed by atoms with Crippen molar-refractivity contribution in [1.29, 1.82) is 0 Å². The van der Waals surface area contributed by atoms with Crippen LogP contribution in [0.2, 0.25) is 0 Å². The molecule has 0 spiro atoms. The number of fused-ring (bicyclic) bond motifs is 1. The highest BCUT2D eigenvalue weighted by molar-refractivity contribution is 6.05. The number of ether oxygens (including phenoxy) is 1. The van der Waals surface area contributed by atoms with Crippen LogP contribution < -0.4 is 10.1 Å². The fraction of sp³-hybridized carbons (Fsp3) is 0.143. The molecule has 0 saturated heterocycles. The van der Waals surface area contributed by atoms with Crippen LogP contribution in [0, 0.1) is 5.82 Å². The molecule has 0 radical (unpaired) electrons. The SMILES string of the molecule is O=C(Nc1ccc(OC2CC(c3ccccc3)C2)cc1)c1cc(-c2ccc3n[nH]nc3n2)ccc1F. The van der Waals surface area contributed by atoms with E-state index in [0.717, 1.165) is 18.6 Å². The second-order valence-corrected chi connectivity index (χ2v) is 8.85. The van der Waals surface area contributed by atoms with Crippen LogP contribution in [0.3, 0.4) is 0 Å². The summed E-state index contributed by atoms with van der Waals surface area (Å²) in [5.41, 5.74) is 4.07. The zero-order valence-corrected chi connectivity index (χ0v) is 19.2. The van der Waals surface area contributed by atoms with E-state index in [0.29, 0.717) is 34.0 Å². The molecule has 7 nitrogen and oxygen atoms in total. The van der Waals surface area contributed by atoms with Gasteiger partial charge in [0.05, 0.1) is 17.4 Å². The van der Waals surface area contributed by atoms with Crippen LogP contribution in [0.15, 0.2) is 84.9 Å².